The molecule has 1 saturated heterocycles. The number of carbonyl (C=O) groups is 1. The molecule has 2 heterocycles. The molecule has 0 bridgehead atoms. The van der Waals surface area contributed by atoms with Gasteiger partial charge in [0.25, 0.3) is 0 Å². The number of piperidine rings is 1. The molecule has 2 aliphatic heterocycles. The van der Waals surface area contributed by atoms with E-state index < -0.39 is 0 Å². The van der Waals surface area contributed by atoms with Gasteiger partial charge in [0.15, 0.2) is 0 Å². The van der Waals surface area contributed by atoms with E-state index in [1.165, 1.54) is 11.3 Å². The lowest BCUT2D eigenvalue weighted by Gasteiger charge is -2.33. The van der Waals surface area contributed by atoms with Gasteiger partial charge in [0.1, 0.15) is 0 Å². The Morgan fingerprint density at radius 3 is 2.74 bits per heavy atom. The average Bonchev–Trinajstić information content (AvgIpc) is 2.55. The topological polar surface area (TPSA) is 55.8 Å². The first-order chi connectivity index (χ1) is 11.0. The fourth-order valence-corrected chi connectivity index (χ4v) is 3.65. The number of aliphatic hydroxyl groups excluding tert-OH is 1. The molecule has 2 amide bonds. The second-order valence-electron chi connectivity index (χ2n) is 6.86. The van der Waals surface area contributed by atoms with Crippen molar-refractivity contribution in [2.75, 3.05) is 36.9 Å². The number of nitrogens with one attached hydrogen (secondary N) is 1. The molecule has 126 valence electrons. The van der Waals surface area contributed by atoms with Crippen LogP contribution in [0.25, 0.3) is 0 Å². The number of hydrogen-bond donors (Lipinski definition) is 2. The van der Waals surface area contributed by atoms with E-state index in [4.69, 9.17) is 0 Å². The van der Waals surface area contributed by atoms with Gasteiger partial charge in [-0.1, -0.05) is 0 Å². The molecule has 1 fully saturated rings. The lowest BCUT2D eigenvalue weighted by Crippen LogP contribution is -2.42. The zero-order valence-electron chi connectivity index (χ0n) is 14.1. The third kappa shape index (κ3) is 3.61. The van der Waals surface area contributed by atoms with Crippen molar-refractivity contribution < 1.29 is 9.90 Å². The monoisotopic (exact) mass is 317 g/mol. The smallest absolute Gasteiger partial charge is 0.321 e. The fraction of sp³-hybridized carbons (Fsp3) is 0.611. The summed E-state index contributed by atoms with van der Waals surface area (Å²) in [5, 5.41) is 12.7. The Morgan fingerprint density at radius 2 is 2.04 bits per heavy atom. The fourth-order valence-electron chi connectivity index (χ4n) is 3.65. The Bertz CT molecular complexity index is 565. The molecule has 5 nitrogen and oxygen atoms in total. The van der Waals surface area contributed by atoms with Crippen LogP contribution in [0.1, 0.15) is 31.7 Å². The zero-order chi connectivity index (χ0) is 16.4. The molecule has 1 aromatic rings. The summed E-state index contributed by atoms with van der Waals surface area (Å²) in [5.74, 6) is 0.318. The minimum Gasteiger partial charge on any atom is -0.393 e. The molecule has 3 rings (SSSR count). The van der Waals surface area contributed by atoms with Gasteiger partial charge in [-0.2, -0.15) is 0 Å². The van der Waals surface area contributed by atoms with E-state index in [0.717, 1.165) is 51.0 Å². The number of carbonyl (C=O) groups excluding carboxylic acids is 1. The first-order valence-corrected chi connectivity index (χ1v) is 8.62. The highest BCUT2D eigenvalue weighted by Crippen LogP contribution is 2.29. The Kier molecular flexibility index (Phi) is 4.76. The van der Waals surface area contributed by atoms with E-state index in [9.17, 15) is 9.90 Å². The predicted molar refractivity (Wildman–Crippen MR) is 93.0 cm³/mol. The number of rotatable bonds is 2. The van der Waals surface area contributed by atoms with Gasteiger partial charge in [0, 0.05) is 38.1 Å². The van der Waals surface area contributed by atoms with E-state index >= 15 is 0 Å². The molecule has 2 N–H and O–H groups in total. The van der Waals surface area contributed by atoms with Crippen LogP contribution >= 0.6 is 0 Å². The summed E-state index contributed by atoms with van der Waals surface area (Å²) in [6.07, 6.45) is 3.70. The highest BCUT2D eigenvalue weighted by atomic mass is 16.3. The number of amides is 2. The van der Waals surface area contributed by atoms with Crippen LogP contribution in [0.3, 0.4) is 0 Å². The molecular weight excluding hydrogens is 290 g/mol. The Hall–Kier alpha value is -1.75. The maximum Gasteiger partial charge on any atom is 0.321 e. The van der Waals surface area contributed by atoms with Crippen LogP contribution in [0.15, 0.2) is 18.2 Å². The minimum atomic E-state index is -0.280. The molecule has 0 radical (unpaired) electrons. The maximum absolute atomic E-state index is 12.4. The number of aliphatic hydroxyl groups is 1. The molecule has 0 spiro atoms. The third-order valence-corrected chi connectivity index (χ3v) is 5.19. The van der Waals surface area contributed by atoms with Crippen molar-refractivity contribution >= 4 is 17.4 Å². The second-order valence-corrected chi connectivity index (χ2v) is 6.86. The number of hydrogen-bond acceptors (Lipinski definition) is 3. The number of benzene rings is 1. The van der Waals surface area contributed by atoms with Crippen molar-refractivity contribution in [1.29, 1.82) is 0 Å². The molecule has 5 heteroatoms. The summed E-state index contributed by atoms with van der Waals surface area (Å²) in [4.78, 5) is 16.5. The van der Waals surface area contributed by atoms with Crippen LogP contribution in [0.5, 0.6) is 0 Å². The van der Waals surface area contributed by atoms with E-state index in [0.29, 0.717) is 5.92 Å². The van der Waals surface area contributed by atoms with E-state index in [1.807, 2.05) is 17.9 Å². The van der Waals surface area contributed by atoms with Gasteiger partial charge in [-0.25, -0.2) is 4.79 Å². The summed E-state index contributed by atoms with van der Waals surface area (Å²) in [5.41, 5.74) is 3.46. The number of aryl methyl sites for hydroxylation is 1. The maximum atomic E-state index is 12.4. The molecule has 1 aromatic carbocycles. The molecule has 0 aliphatic carbocycles. The molecule has 0 saturated carbocycles. The van der Waals surface area contributed by atoms with Gasteiger partial charge in [-0.15, -0.1) is 0 Å². The second kappa shape index (κ2) is 6.79. The molecule has 2 aliphatic rings. The standard InChI is InChI=1S/C18H27N3O2/c1-13(22)14-7-10-21(11-8-14)18(23)19-16-5-6-17-15(12-16)4-3-9-20(17)2/h5-6,12-14,22H,3-4,7-11H2,1-2H3,(H,19,23). The third-order valence-electron chi connectivity index (χ3n) is 5.19. The van der Waals surface area contributed by atoms with Crippen LogP contribution in [0.2, 0.25) is 0 Å². The minimum absolute atomic E-state index is 0.0295. The van der Waals surface area contributed by atoms with Crippen LogP contribution in [0, 0.1) is 5.92 Å². The molecular formula is C18H27N3O2. The van der Waals surface area contributed by atoms with Crippen molar-refractivity contribution in [2.24, 2.45) is 5.92 Å². The average molecular weight is 317 g/mol. The van der Waals surface area contributed by atoms with Gasteiger partial charge in [-0.05, 0) is 62.3 Å². The highest BCUT2D eigenvalue weighted by Gasteiger charge is 2.25. The van der Waals surface area contributed by atoms with Gasteiger partial charge in [0.05, 0.1) is 6.10 Å². The highest BCUT2D eigenvalue weighted by molar-refractivity contribution is 5.90. The van der Waals surface area contributed by atoms with Crippen molar-refractivity contribution in [1.82, 2.24) is 4.90 Å². The lowest BCUT2D eigenvalue weighted by atomic mass is 9.92. The Labute approximate surface area is 138 Å². The largest absolute Gasteiger partial charge is 0.393 e. The number of nitrogens with zero attached hydrogens (tertiary/aromatic N) is 2. The van der Waals surface area contributed by atoms with Crippen LogP contribution in [-0.2, 0) is 6.42 Å². The normalized spacial score (nSPS) is 20.1. The predicted octanol–water partition coefficient (Wildman–Crippen LogP) is 2.69. The summed E-state index contributed by atoms with van der Waals surface area (Å²) in [6.45, 7) is 4.37. The number of fused-ring (bicyclic) bond motifs is 1. The molecule has 23 heavy (non-hydrogen) atoms. The van der Waals surface area contributed by atoms with Gasteiger partial charge in [-0.3, -0.25) is 0 Å². The van der Waals surface area contributed by atoms with Crippen LogP contribution in [0.4, 0.5) is 16.2 Å². The summed E-state index contributed by atoms with van der Waals surface area (Å²) in [6, 6.07) is 6.16. The van der Waals surface area contributed by atoms with Gasteiger partial charge in [0.2, 0.25) is 0 Å². The number of urea groups is 1. The van der Waals surface area contributed by atoms with Gasteiger partial charge < -0.3 is 20.2 Å². The van der Waals surface area contributed by atoms with Crippen LogP contribution < -0.4 is 10.2 Å². The zero-order valence-corrected chi connectivity index (χ0v) is 14.1. The van der Waals surface area contributed by atoms with E-state index in [1.54, 1.807) is 0 Å². The van der Waals surface area contributed by atoms with Crippen molar-refractivity contribution in [3.05, 3.63) is 23.8 Å². The SMILES string of the molecule is CC(O)C1CCN(C(=O)Nc2ccc3c(c2)CCCN3C)CC1. The van der Waals surface area contributed by atoms with Crippen molar-refractivity contribution in [3.63, 3.8) is 0 Å². The summed E-state index contributed by atoms with van der Waals surface area (Å²) in [7, 11) is 2.11. The van der Waals surface area contributed by atoms with Crippen molar-refractivity contribution in [2.45, 2.75) is 38.7 Å². The van der Waals surface area contributed by atoms with E-state index in [2.05, 4.69) is 29.4 Å². The quantitative estimate of drug-likeness (QED) is 0.882. The molecule has 1 unspecified atom stereocenters. The Balaban J connectivity index is 1.60. The molecule has 1 atom stereocenters. The number of anilines is 2. The first-order valence-electron chi connectivity index (χ1n) is 8.62. The molecule has 0 aromatic heterocycles. The first kappa shape index (κ1) is 16.1. The van der Waals surface area contributed by atoms with Crippen molar-refractivity contribution in [3.8, 4) is 0 Å². The Morgan fingerprint density at radius 1 is 1.30 bits per heavy atom. The lowest BCUT2D eigenvalue weighted by molar-refractivity contribution is 0.0820. The summed E-state index contributed by atoms with van der Waals surface area (Å²) >= 11 is 0. The number of likely N-dealkylation sites (tertiary alicyclic amines) is 1. The van der Waals surface area contributed by atoms with Crippen LogP contribution in [-0.4, -0.2) is 48.8 Å². The van der Waals surface area contributed by atoms with Gasteiger partial charge >= 0.3 is 6.03 Å². The summed E-state index contributed by atoms with van der Waals surface area (Å²) < 4.78 is 0. The van der Waals surface area contributed by atoms with E-state index in [-0.39, 0.29) is 12.1 Å².